The molecular formula is C27H25F2N3O. The molecule has 5 rings (SSSR count). The van der Waals surface area contributed by atoms with Crippen molar-refractivity contribution in [2.75, 3.05) is 13.1 Å². The molecule has 2 heterocycles. The van der Waals surface area contributed by atoms with E-state index in [0.717, 1.165) is 24.5 Å². The lowest BCUT2D eigenvalue weighted by Gasteiger charge is -2.38. The lowest BCUT2D eigenvalue weighted by atomic mass is 9.84. The third-order valence-corrected chi connectivity index (χ3v) is 6.33. The zero-order chi connectivity index (χ0) is 22.8. The maximum atomic E-state index is 13.9. The lowest BCUT2D eigenvalue weighted by Crippen LogP contribution is -2.42. The molecule has 1 saturated heterocycles. The number of H-pyrrole nitrogens is 1. The molecule has 0 aliphatic carbocycles. The Labute approximate surface area is 191 Å². The highest BCUT2D eigenvalue weighted by Gasteiger charge is 2.34. The zero-order valence-corrected chi connectivity index (χ0v) is 18.1. The van der Waals surface area contributed by atoms with Crippen LogP contribution in [0.15, 0.2) is 78.9 Å². The van der Waals surface area contributed by atoms with Gasteiger partial charge in [0.2, 0.25) is 0 Å². The fourth-order valence-electron chi connectivity index (χ4n) is 4.52. The molecule has 0 unspecified atom stereocenters. The summed E-state index contributed by atoms with van der Waals surface area (Å²) in [6.45, 7) is 2.00. The topological polar surface area (TPSA) is 52.1 Å². The normalized spacial score (nSPS) is 16.1. The third kappa shape index (κ3) is 4.58. The molecule has 1 aromatic heterocycles. The van der Waals surface area contributed by atoms with Gasteiger partial charge in [-0.1, -0.05) is 54.6 Å². The molecule has 3 aromatic carbocycles. The first kappa shape index (κ1) is 21.5. The van der Waals surface area contributed by atoms with E-state index in [4.69, 9.17) is 4.98 Å². The van der Waals surface area contributed by atoms with Crippen LogP contribution in [-0.4, -0.2) is 33.1 Å². The number of imidazole rings is 1. The van der Waals surface area contributed by atoms with Gasteiger partial charge in [0.25, 0.3) is 0 Å². The molecule has 0 amide bonds. The van der Waals surface area contributed by atoms with Crippen molar-refractivity contribution in [3.05, 3.63) is 102 Å². The van der Waals surface area contributed by atoms with Gasteiger partial charge in [0.1, 0.15) is 17.5 Å². The number of benzene rings is 3. The van der Waals surface area contributed by atoms with E-state index >= 15 is 0 Å². The molecule has 33 heavy (non-hydrogen) atoms. The van der Waals surface area contributed by atoms with E-state index < -0.39 is 5.60 Å². The van der Waals surface area contributed by atoms with Gasteiger partial charge < -0.3 is 10.1 Å². The van der Waals surface area contributed by atoms with Crippen molar-refractivity contribution in [1.82, 2.24) is 14.9 Å². The van der Waals surface area contributed by atoms with E-state index in [1.165, 1.54) is 24.3 Å². The zero-order valence-electron chi connectivity index (χ0n) is 18.1. The fourth-order valence-corrected chi connectivity index (χ4v) is 4.52. The Morgan fingerprint density at radius 1 is 0.848 bits per heavy atom. The summed E-state index contributed by atoms with van der Waals surface area (Å²) >= 11 is 0. The largest absolute Gasteiger partial charge is 0.385 e. The van der Waals surface area contributed by atoms with Crippen molar-refractivity contribution in [3.63, 3.8) is 0 Å². The maximum Gasteiger partial charge on any atom is 0.123 e. The van der Waals surface area contributed by atoms with Gasteiger partial charge in [0, 0.05) is 24.2 Å². The number of piperidine rings is 1. The number of hydrogen-bond donors (Lipinski definition) is 2. The minimum Gasteiger partial charge on any atom is -0.385 e. The monoisotopic (exact) mass is 445 g/mol. The minimum atomic E-state index is -0.819. The van der Waals surface area contributed by atoms with Crippen molar-refractivity contribution < 1.29 is 13.9 Å². The van der Waals surface area contributed by atoms with E-state index in [0.29, 0.717) is 41.9 Å². The highest BCUT2D eigenvalue weighted by Crippen LogP contribution is 2.34. The van der Waals surface area contributed by atoms with Crippen LogP contribution in [0.25, 0.3) is 22.5 Å². The highest BCUT2D eigenvalue weighted by atomic mass is 19.1. The molecule has 4 nitrogen and oxygen atoms in total. The Morgan fingerprint density at radius 2 is 1.48 bits per heavy atom. The Morgan fingerprint density at radius 3 is 2.15 bits per heavy atom. The average Bonchev–Trinajstić information content (AvgIpc) is 3.25. The molecule has 0 bridgehead atoms. The molecule has 6 heteroatoms. The van der Waals surface area contributed by atoms with Crippen LogP contribution in [-0.2, 0) is 12.1 Å². The number of hydrogen-bond acceptors (Lipinski definition) is 3. The van der Waals surface area contributed by atoms with Crippen molar-refractivity contribution in [2.24, 2.45) is 0 Å². The Bertz CT molecular complexity index is 1180. The number of rotatable bonds is 5. The SMILES string of the molecule is OC1(c2ccccc2)CCN(Cc2nc(-c3cccc(F)c3)c(-c3cccc(F)c3)[nH]2)CC1. The van der Waals surface area contributed by atoms with Crippen LogP contribution in [0.3, 0.4) is 0 Å². The van der Waals surface area contributed by atoms with Crippen LogP contribution < -0.4 is 0 Å². The molecule has 4 aromatic rings. The van der Waals surface area contributed by atoms with Gasteiger partial charge in [0.05, 0.1) is 23.5 Å². The maximum absolute atomic E-state index is 13.9. The number of aliphatic hydroxyl groups is 1. The quantitative estimate of drug-likeness (QED) is 0.426. The Hall–Kier alpha value is -3.35. The van der Waals surface area contributed by atoms with E-state index in [-0.39, 0.29) is 11.6 Å². The molecule has 0 spiro atoms. The summed E-state index contributed by atoms with van der Waals surface area (Å²) in [5, 5.41) is 11.1. The lowest BCUT2D eigenvalue weighted by molar-refractivity contribution is -0.0281. The number of aromatic nitrogens is 2. The molecule has 0 atom stereocenters. The summed E-state index contributed by atoms with van der Waals surface area (Å²) in [6, 6.07) is 22.3. The van der Waals surface area contributed by atoms with E-state index in [2.05, 4.69) is 9.88 Å². The van der Waals surface area contributed by atoms with Gasteiger partial charge >= 0.3 is 0 Å². The molecule has 1 fully saturated rings. The number of aromatic amines is 1. The first-order valence-corrected chi connectivity index (χ1v) is 11.1. The van der Waals surface area contributed by atoms with Crippen LogP contribution in [0.5, 0.6) is 0 Å². The minimum absolute atomic E-state index is 0.343. The van der Waals surface area contributed by atoms with Crippen LogP contribution >= 0.6 is 0 Å². The van der Waals surface area contributed by atoms with E-state index in [9.17, 15) is 13.9 Å². The number of likely N-dealkylation sites (tertiary alicyclic amines) is 1. The smallest absolute Gasteiger partial charge is 0.123 e. The van der Waals surface area contributed by atoms with Gasteiger partial charge in [-0.3, -0.25) is 4.90 Å². The molecular weight excluding hydrogens is 420 g/mol. The second kappa shape index (κ2) is 8.89. The Balaban J connectivity index is 1.40. The third-order valence-electron chi connectivity index (χ3n) is 6.33. The van der Waals surface area contributed by atoms with Gasteiger partial charge in [-0.2, -0.15) is 0 Å². The van der Waals surface area contributed by atoms with Crippen LogP contribution in [0, 0.1) is 11.6 Å². The van der Waals surface area contributed by atoms with E-state index in [1.54, 1.807) is 18.2 Å². The summed E-state index contributed by atoms with van der Waals surface area (Å²) in [5.74, 6) is 0.0298. The van der Waals surface area contributed by atoms with Crippen molar-refractivity contribution in [2.45, 2.75) is 25.0 Å². The Kier molecular flexibility index (Phi) is 5.79. The number of halogens is 2. The summed E-state index contributed by atoms with van der Waals surface area (Å²) in [7, 11) is 0. The first-order valence-electron chi connectivity index (χ1n) is 11.1. The molecule has 0 radical (unpaired) electrons. The van der Waals surface area contributed by atoms with Gasteiger partial charge in [-0.25, -0.2) is 13.8 Å². The second-order valence-corrected chi connectivity index (χ2v) is 8.60. The van der Waals surface area contributed by atoms with Crippen molar-refractivity contribution in [1.29, 1.82) is 0 Å². The molecule has 168 valence electrons. The van der Waals surface area contributed by atoms with Crippen molar-refractivity contribution in [3.8, 4) is 22.5 Å². The summed E-state index contributed by atoms with van der Waals surface area (Å²) in [4.78, 5) is 10.3. The van der Waals surface area contributed by atoms with Gasteiger partial charge in [-0.15, -0.1) is 0 Å². The molecule has 1 aliphatic heterocycles. The van der Waals surface area contributed by atoms with Crippen LogP contribution in [0.2, 0.25) is 0 Å². The summed E-state index contributed by atoms with van der Waals surface area (Å²) < 4.78 is 27.8. The number of nitrogens with zero attached hydrogens (tertiary/aromatic N) is 2. The molecule has 0 saturated carbocycles. The van der Waals surface area contributed by atoms with E-state index in [1.807, 2.05) is 36.4 Å². The van der Waals surface area contributed by atoms with Crippen LogP contribution in [0.4, 0.5) is 8.78 Å². The standard InChI is InChI=1S/C27H25F2N3O/c28-22-10-4-6-19(16-22)25-26(20-7-5-11-23(29)17-20)31-24(30-25)18-32-14-12-27(33,13-15-32)21-8-2-1-3-9-21/h1-11,16-17,33H,12-15,18H2,(H,30,31). The molecule has 1 aliphatic rings. The number of nitrogens with one attached hydrogen (secondary N) is 1. The van der Waals surface area contributed by atoms with Gasteiger partial charge in [0.15, 0.2) is 0 Å². The highest BCUT2D eigenvalue weighted by molar-refractivity contribution is 5.78. The predicted octanol–water partition coefficient (Wildman–Crippen LogP) is 5.51. The first-order chi connectivity index (χ1) is 16.0. The summed E-state index contributed by atoms with van der Waals surface area (Å²) in [6.07, 6.45) is 1.26. The fraction of sp³-hybridized carbons (Fsp3) is 0.222. The van der Waals surface area contributed by atoms with Gasteiger partial charge in [-0.05, 0) is 42.7 Å². The average molecular weight is 446 g/mol. The predicted molar refractivity (Wildman–Crippen MR) is 124 cm³/mol. The van der Waals surface area contributed by atoms with Crippen molar-refractivity contribution >= 4 is 0 Å². The molecule has 2 N–H and O–H groups in total. The second-order valence-electron chi connectivity index (χ2n) is 8.60. The summed E-state index contributed by atoms with van der Waals surface area (Å²) in [5.41, 5.74) is 2.67. The van der Waals surface area contributed by atoms with Crippen LogP contribution in [0.1, 0.15) is 24.2 Å².